The summed E-state index contributed by atoms with van der Waals surface area (Å²) < 4.78 is 0. The summed E-state index contributed by atoms with van der Waals surface area (Å²) in [6.45, 7) is 20.9. The Morgan fingerprint density at radius 2 is 0.698 bits per heavy atom. The molecule has 0 amide bonds. The van der Waals surface area contributed by atoms with Gasteiger partial charge in [-0.05, 0) is 192 Å². The minimum absolute atomic E-state index is 0.0277. The zero-order valence-electron chi connectivity index (χ0n) is 38.1. The van der Waals surface area contributed by atoms with E-state index in [1.807, 2.05) is 0 Å². The van der Waals surface area contributed by atoms with Gasteiger partial charge in [0.25, 0.3) is 0 Å². The molecule has 0 atom stereocenters. The van der Waals surface area contributed by atoms with E-state index in [1.54, 1.807) is 0 Å². The van der Waals surface area contributed by atoms with E-state index < -0.39 is 0 Å². The van der Waals surface area contributed by atoms with Crippen LogP contribution in [0.4, 0.5) is 0 Å². The first-order chi connectivity index (χ1) is 30.3. The molecule has 0 aliphatic heterocycles. The molecular formula is C63H54. The molecule has 63 heavy (non-hydrogen) atoms. The van der Waals surface area contributed by atoms with Gasteiger partial charge in [0, 0.05) is 10.8 Å². The number of aryl methyl sites for hydroxylation is 5. The Kier molecular flexibility index (Phi) is 8.77. The molecule has 0 bridgehead atoms. The smallest absolute Gasteiger partial charge is 0.0159 e. The van der Waals surface area contributed by atoms with Gasteiger partial charge in [0.15, 0.2) is 0 Å². The zero-order valence-corrected chi connectivity index (χ0v) is 38.1. The molecule has 0 heterocycles. The fraction of sp³-hybridized carbons (Fsp3) is 0.175. The summed E-state index contributed by atoms with van der Waals surface area (Å²) in [7, 11) is 0. The molecule has 2 aliphatic rings. The first-order valence-electron chi connectivity index (χ1n) is 22.7. The van der Waals surface area contributed by atoms with Crippen molar-refractivity contribution >= 4 is 10.8 Å². The highest BCUT2D eigenvalue weighted by molar-refractivity contribution is 5.97. The van der Waals surface area contributed by atoms with Gasteiger partial charge in [0.1, 0.15) is 0 Å². The first kappa shape index (κ1) is 39.1. The molecule has 306 valence electrons. The molecule has 0 fully saturated rings. The molecule has 9 aromatic carbocycles. The van der Waals surface area contributed by atoms with Crippen LogP contribution in [-0.2, 0) is 10.8 Å². The second-order valence-electron chi connectivity index (χ2n) is 19.7. The van der Waals surface area contributed by atoms with E-state index >= 15 is 0 Å². The average Bonchev–Trinajstić information content (AvgIpc) is 3.63. The fourth-order valence-corrected chi connectivity index (χ4v) is 11.6. The minimum Gasteiger partial charge on any atom is -0.0616 e. The van der Waals surface area contributed by atoms with Crippen LogP contribution in [0.3, 0.4) is 0 Å². The summed E-state index contributed by atoms with van der Waals surface area (Å²) in [5.74, 6) is 0. The lowest BCUT2D eigenvalue weighted by molar-refractivity contribution is 0.660. The lowest BCUT2D eigenvalue weighted by atomic mass is 9.80. The molecular weight excluding hydrogens is 757 g/mol. The van der Waals surface area contributed by atoms with Crippen LogP contribution >= 0.6 is 0 Å². The third kappa shape index (κ3) is 6.10. The van der Waals surface area contributed by atoms with Gasteiger partial charge in [0.2, 0.25) is 0 Å². The quantitative estimate of drug-likeness (QED) is 0.162. The van der Waals surface area contributed by atoms with Crippen LogP contribution in [0.15, 0.2) is 164 Å². The predicted molar refractivity (Wildman–Crippen MR) is 270 cm³/mol. The van der Waals surface area contributed by atoms with Gasteiger partial charge in [-0.3, -0.25) is 0 Å². The van der Waals surface area contributed by atoms with Gasteiger partial charge < -0.3 is 0 Å². The average molecular weight is 811 g/mol. The monoisotopic (exact) mass is 810 g/mol. The van der Waals surface area contributed by atoms with E-state index in [0.29, 0.717) is 0 Å². The van der Waals surface area contributed by atoms with Gasteiger partial charge in [-0.2, -0.15) is 0 Å². The van der Waals surface area contributed by atoms with Gasteiger partial charge in [0.05, 0.1) is 0 Å². The number of rotatable bonds is 5. The van der Waals surface area contributed by atoms with Crippen molar-refractivity contribution in [1.82, 2.24) is 0 Å². The SMILES string of the molecule is Cc1ccc2c(c1)C(C)(C)c1cc(-c3c(C)cc(-c4cc(C)c(-c5ccc6c(c5)C(C)(C)c5cc(-c7cccc(-c8cccc9ccccc89)c7)ccc5-6)c(C)c4)cc3C)ccc1-2. The van der Waals surface area contributed by atoms with Crippen molar-refractivity contribution in [2.24, 2.45) is 0 Å². The minimum atomic E-state index is -0.139. The molecule has 0 unspecified atom stereocenters. The van der Waals surface area contributed by atoms with E-state index in [1.165, 1.54) is 139 Å². The molecule has 2 aliphatic carbocycles. The summed E-state index contributed by atoms with van der Waals surface area (Å²) in [4.78, 5) is 0. The third-order valence-corrected chi connectivity index (χ3v) is 14.8. The van der Waals surface area contributed by atoms with Gasteiger partial charge >= 0.3 is 0 Å². The van der Waals surface area contributed by atoms with Gasteiger partial charge in [-0.25, -0.2) is 0 Å². The molecule has 9 aromatic rings. The highest BCUT2D eigenvalue weighted by Crippen LogP contribution is 2.52. The highest BCUT2D eigenvalue weighted by atomic mass is 14.4. The lowest BCUT2D eigenvalue weighted by Crippen LogP contribution is -2.15. The molecule has 0 radical (unpaired) electrons. The van der Waals surface area contributed by atoms with Crippen molar-refractivity contribution in [2.75, 3.05) is 0 Å². The molecule has 0 N–H and O–H groups in total. The van der Waals surface area contributed by atoms with Crippen molar-refractivity contribution in [3.05, 3.63) is 214 Å². The van der Waals surface area contributed by atoms with Crippen LogP contribution in [0.1, 0.15) is 77.8 Å². The normalized spacial score (nSPS) is 14.0. The van der Waals surface area contributed by atoms with Crippen molar-refractivity contribution in [1.29, 1.82) is 0 Å². The van der Waals surface area contributed by atoms with Crippen LogP contribution in [0.2, 0.25) is 0 Å². The summed E-state index contributed by atoms with van der Waals surface area (Å²) in [5.41, 5.74) is 30.3. The molecule has 0 nitrogen and oxygen atoms in total. The van der Waals surface area contributed by atoms with Gasteiger partial charge in [-0.15, -0.1) is 0 Å². The van der Waals surface area contributed by atoms with Crippen molar-refractivity contribution in [2.45, 2.75) is 73.1 Å². The van der Waals surface area contributed by atoms with E-state index in [2.05, 4.69) is 226 Å². The van der Waals surface area contributed by atoms with Crippen molar-refractivity contribution in [3.8, 4) is 77.9 Å². The van der Waals surface area contributed by atoms with Gasteiger partial charge in [-0.1, -0.05) is 173 Å². The standard InChI is InChI=1S/C63H54/c1-37-20-24-52-54-26-22-46(35-58(54)62(6,7)56(52)28-37)60-38(2)29-48(30-39(60)3)49-31-40(4)61(41(5)32-49)47-23-27-55-53-25-21-44(34-57(53)63(8,9)59(55)36-47)43-16-12-17-45(33-43)51-19-13-15-42-14-10-11-18-50(42)51/h10-36H,1-9H3. The largest absolute Gasteiger partial charge is 0.0616 e. The summed E-state index contributed by atoms with van der Waals surface area (Å²) >= 11 is 0. The lowest BCUT2D eigenvalue weighted by Gasteiger charge is -2.23. The second kappa shape index (κ2) is 14.1. The van der Waals surface area contributed by atoms with Crippen LogP contribution in [0, 0.1) is 34.6 Å². The molecule has 0 heteroatoms. The number of hydrogen-bond donors (Lipinski definition) is 0. The Morgan fingerprint density at radius 3 is 1.25 bits per heavy atom. The summed E-state index contributed by atoms with van der Waals surface area (Å²) in [6.07, 6.45) is 0. The Morgan fingerprint density at radius 1 is 0.286 bits per heavy atom. The maximum atomic E-state index is 2.48. The van der Waals surface area contributed by atoms with E-state index in [4.69, 9.17) is 0 Å². The molecule has 11 rings (SSSR count). The van der Waals surface area contributed by atoms with Crippen molar-refractivity contribution < 1.29 is 0 Å². The first-order valence-corrected chi connectivity index (χ1v) is 22.7. The molecule has 0 spiro atoms. The van der Waals surface area contributed by atoms with E-state index in [9.17, 15) is 0 Å². The number of fused-ring (bicyclic) bond motifs is 7. The Labute approximate surface area is 374 Å². The molecule has 0 aromatic heterocycles. The van der Waals surface area contributed by atoms with E-state index in [0.717, 1.165) is 0 Å². The third-order valence-electron chi connectivity index (χ3n) is 14.8. The predicted octanol–water partition coefficient (Wildman–Crippen LogP) is 17.3. The maximum Gasteiger partial charge on any atom is 0.0159 e. The zero-order chi connectivity index (χ0) is 43.5. The Balaban J connectivity index is 0.895. The maximum absolute atomic E-state index is 2.48. The van der Waals surface area contributed by atoms with E-state index in [-0.39, 0.29) is 10.8 Å². The number of benzene rings is 9. The van der Waals surface area contributed by atoms with Crippen LogP contribution in [0.25, 0.3) is 88.7 Å². The van der Waals surface area contributed by atoms with Crippen LogP contribution in [0.5, 0.6) is 0 Å². The van der Waals surface area contributed by atoms with Crippen LogP contribution in [-0.4, -0.2) is 0 Å². The molecule has 0 saturated heterocycles. The second-order valence-corrected chi connectivity index (χ2v) is 19.7. The van der Waals surface area contributed by atoms with Crippen LogP contribution < -0.4 is 0 Å². The summed E-state index contributed by atoms with van der Waals surface area (Å²) in [6, 6.07) is 62.4. The topological polar surface area (TPSA) is 0 Å². The highest BCUT2D eigenvalue weighted by Gasteiger charge is 2.37. The Bertz CT molecular complexity index is 3330. The summed E-state index contributed by atoms with van der Waals surface area (Å²) in [5, 5.41) is 2.56. The molecule has 0 saturated carbocycles. The fourth-order valence-electron chi connectivity index (χ4n) is 11.6. The Hall–Kier alpha value is -6.76. The number of hydrogen-bond acceptors (Lipinski definition) is 0. The van der Waals surface area contributed by atoms with Crippen molar-refractivity contribution in [3.63, 3.8) is 0 Å².